The monoisotopic (exact) mass is 480 g/mol. The molecule has 0 saturated heterocycles. The number of alkyl halides is 3. The lowest BCUT2D eigenvalue weighted by Crippen LogP contribution is -2.47. The molecule has 2 atom stereocenters. The van der Waals surface area contributed by atoms with E-state index in [0.29, 0.717) is 17.0 Å². The van der Waals surface area contributed by atoms with E-state index in [1.165, 1.54) is 37.3 Å². The summed E-state index contributed by atoms with van der Waals surface area (Å²) < 4.78 is 47.6. The highest BCUT2D eigenvalue weighted by atomic mass is 35.5. The number of carbonyl (C=O) groups is 1. The minimum absolute atomic E-state index is 0.0241. The number of rotatable bonds is 7. The van der Waals surface area contributed by atoms with E-state index in [-0.39, 0.29) is 22.8 Å². The third-order valence-corrected chi connectivity index (χ3v) is 5.60. The van der Waals surface area contributed by atoms with Crippen molar-refractivity contribution in [3.8, 4) is 5.75 Å². The lowest BCUT2D eigenvalue weighted by atomic mass is 9.80. The number of carboxylic acid groups (broad SMARTS) is 1. The van der Waals surface area contributed by atoms with Gasteiger partial charge in [-0.15, -0.1) is 0 Å². The lowest BCUT2D eigenvalue weighted by molar-refractivity contribution is -0.276. The van der Waals surface area contributed by atoms with Crippen LogP contribution < -0.4 is 4.74 Å². The number of hydrogen-bond acceptors (Lipinski definition) is 5. The normalized spacial score (nSPS) is 14.4. The van der Waals surface area contributed by atoms with E-state index >= 15 is 0 Å². The quantitative estimate of drug-likeness (QED) is 0.478. The van der Waals surface area contributed by atoms with Crippen LogP contribution in [0.5, 0.6) is 5.75 Å². The Morgan fingerprint density at radius 1 is 1.12 bits per heavy atom. The number of aromatic nitrogens is 2. The van der Waals surface area contributed by atoms with Gasteiger partial charge in [0.15, 0.2) is 0 Å². The average Bonchev–Trinajstić information content (AvgIpc) is 2.76. The van der Waals surface area contributed by atoms with E-state index in [1.807, 2.05) is 0 Å². The predicted octanol–water partition coefficient (Wildman–Crippen LogP) is 5.27. The summed E-state index contributed by atoms with van der Waals surface area (Å²) in [7, 11) is 0. The number of aryl methyl sites for hydroxylation is 1. The summed E-state index contributed by atoms with van der Waals surface area (Å²) in [6.07, 6.45) is -2.99. The van der Waals surface area contributed by atoms with Crippen LogP contribution in [0, 0.1) is 6.92 Å². The minimum Gasteiger partial charge on any atom is -0.489 e. The van der Waals surface area contributed by atoms with Gasteiger partial charge in [-0.05, 0) is 42.3 Å². The van der Waals surface area contributed by atoms with Crippen molar-refractivity contribution in [2.45, 2.75) is 38.1 Å². The van der Waals surface area contributed by atoms with E-state index in [4.69, 9.17) is 21.4 Å². The van der Waals surface area contributed by atoms with Crippen molar-refractivity contribution >= 4 is 17.6 Å². The summed E-state index contributed by atoms with van der Waals surface area (Å²) in [6, 6.07) is 10.2. The van der Waals surface area contributed by atoms with Crippen LogP contribution in [-0.4, -0.2) is 32.3 Å². The highest BCUT2D eigenvalue weighted by Crippen LogP contribution is 2.49. The topological polar surface area (TPSA) is 92.5 Å². The molecule has 10 heteroatoms. The number of benzene rings is 2. The highest BCUT2D eigenvalue weighted by Gasteiger charge is 2.60. The molecule has 0 radical (unpaired) electrons. The van der Waals surface area contributed by atoms with Crippen molar-refractivity contribution in [1.82, 2.24) is 9.97 Å². The molecule has 0 spiro atoms. The fraction of sp³-hybridized carbons (Fsp3) is 0.261. The summed E-state index contributed by atoms with van der Waals surface area (Å²) in [5.41, 5.74) is -2.65. The Kier molecular flexibility index (Phi) is 6.94. The summed E-state index contributed by atoms with van der Waals surface area (Å²) in [5, 5.41) is 19.7. The molecule has 1 aromatic heterocycles. The Hall–Kier alpha value is -3.17. The van der Waals surface area contributed by atoms with E-state index in [0.717, 1.165) is 12.4 Å². The van der Waals surface area contributed by atoms with Crippen LogP contribution >= 0.6 is 11.6 Å². The van der Waals surface area contributed by atoms with Crippen LogP contribution in [0.15, 0.2) is 54.9 Å². The molecule has 1 heterocycles. The molecule has 2 N–H and O–H groups in total. The van der Waals surface area contributed by atoms with Gasteiger partial charge in [0.25, 0.3) is 0 Å². The second kappa shape index (κ2) is 9.36. The molecule has 2 aromatic carbocycles. The Labute approximate surface area is 192 Å². The number of ether oxygens (including phenoxy) is 1. The van der Waals surface area contributed by atoms with Gasteiger partial charge < -0.3 is 14.9 Å². The Balaban J connectivity index is 1.83. The molecular formula is C23H20ClF3N2O4. The zero-order valence-corrected chi connectivity index (χ0v) is 18.4. The largest absolute Gasteiger partial charge is 0.489 e. The maximum atomic E-state index is 14.0. The molecule has 3 rings (SSSR count). The van der Waals surface area contributed by atoms with E-state index in [9.17, 15) is 23.1 Å². The number of nitrogens with zero attached hydrogens (tertiary/aromatic N) is 2. The first-order valence-electron chi connectivity index (χ1n) is 9.76. The van der Waals surface area contributed by atoms with Crippen LogP contribution in [0.3, 0.4) is 0 Å². The van der Waals surface area contributed by atoms with E-state index in [2.05, 4.69) is 9.97 Å². The first-order valence-corrected chi connectivity index (χ1v) is 10.1. The molecule has 3 aromatic rings. The van der Waals surface area contributed by atoms with Gasteiger partial charge in [-0.3, -0.25) is 9.97 Å². The van der Waals surface area contributed by atoms with Crippen molar-refractivity contribution in [2.24, 2.45) is 0 Å². The van der Waals surface area contributed by atoms with Crippen molar-refractivity contribution in [1.29, 1.82) is 0 Å². The first kappa shape index (κ1) is 24.5. The molecule has 0 saturated carbocycles. The van der Waals surface area contributed by atoms with Crippen molar-refractivity contribution in [3.63, 3.8) is 0 Å². The number of hydrogen-bond donors (Lipinski definition) is 2. The molecule has 6 nitrogen and oxygen atoms in total. The predicted molar refractivity (Wildman–Crippen MR) is 114 cm³/mol. The summed E-state index contributed by atoms with van der Waals surface area (Å²) >= 11 is 6.27. The van der Waals surface area contributed by atoms with Gasteiger partial charge in [-0.25, -0.2) is 4.79 Å². The van der Waals surface area contributed by atoms with Crippen LogP contribution in [-0.2, 0) is 12.2 Å². The number of aromatic carboxylic acids is 1. The van der Waals surface area contributed by atoms with Crippen LogP contribution in [0.2, 0.25) is 5.02 Å². The fourth-order valence-corrected chi connectivity index (χ4v) is 3.62. The molecule has 0 fully saturated rings. The molecule has 0 amide bonds. The average molecular weight is 481 g/mol. The molecule has 0 bridgehead atoms. The molecule has 0 aliphatic heterocycles. The fourth-order valence-electron chi connectivity index (χ4n) is 3.29. The third-order valence-electron chi connectivity index (χ3n) is 5.28. The van der Waals surface area contributed by atoms with Gasteiger partial charge in [0.2, 0.25) is 5.60 Å². The second-order valence-corrected chi connectivity index (χ2v) is 7.91. The molecule has 174 valence electrons. The van der Waals surface area contributed by atoms with Gasteiger partial charge >= 0.3 is 12.1 Å². The molecular weight excluding hydrogens is 461 g/mol. The SMILES string of the molecule is Cc1cnc(C(O)(C(C)c2ccc(OCc3ccc(C(=O)O)cc3)cc2Cl)C(F)(F)F)cn1. The highest BCUT2D eigenvalue weighted by molar-refractivity contribution is 6.31. The molecule has 33 heavy (non-hydrogen) atoms. The van der Waals surface area contributed by atoms with Crippen molar-refractivity contribution in [2.75, 3.05) is 0 Å². The van der Waals surface area contributed by atoms with Gasteiger partial charge in [0.1, 0.15) is 18.1 Å². The first-order chi connectivity index (χ1) is 15.4. The zero-order chi connectivity index (χ0) is 24.4. The Morgan fingerprint density at radius 3 is 2.30 bits per heavy atom. The zero-order valence-electron chi connectivity index (χ0n) is 17.6. The van der Waals surface area contributed by atoms with E-state index in [1.54, 1.807) is 19.1 Å². The standard InChI is InChI=1S/C23H20ClF3N2O4/c1-13-10-29-20(11-28-13)22(32,23(25,26)27)14(2)18-8-7-17(9-19(18)24)33-12-15-3-5-16(6-4-15)21(30)31/h3-11,14,32H,12H2,1-2H3,(H,30,31). The van der Waals surface area contributed by atoms with Crippen molar-refractivity contribution < 1.29 is 32.9 Å². The minimum atomic E-state index is -5.04. The van der Waals surface area contributed by atoms with Gasteiger partial charge in [-0.1, -0.05) is 36.7 Å². The van der Waals surface area contributed by atoms with Gasteiger partial charge in [0.05, 0.1) is 17.5 Å². The summed E-state index contributed by atoms with van der Waals surface area (Å²) in [4.78, 5) is 18.5. The smallest absolute Gasteiger partial charge is 0.423 e. The lowest BCUT2D eigenvalue weighted by Gasteiger charge is -2.35. The van der Waals surface area contributed by atoms with Crippen molar-refractivity contribution in [3.05, 3.63) is 88.0 Å². The molecule has 2 unspecified atom stereocenters. The summed E-state index contributed by atoms with van der Waals surface area (Å²) in [6.45, 7) is 2.88. The van der Waals surface area contributed by atoms with Gasteiger partial charge in [0, 0.05) is 17.1 Å². The number of aliphatic hydroxyl groups is 1. The van der Waals surface area contributed by atoms with Crippen LogP contribution in [0.4, 0.5) is 13.2 Å². The molecule has 0 aliphatic rings. The van der Waals surface area contributed by atoms with Crippen LogP contribution in [0.25, 0.3) is 0 Å². The maximum Gasteiger partial charge on any atom is 0.423 e. The second-order valence-electron chi connectivity index (χ2n) is 7.50. The maximum absolute atomic E-state index is 14.0. The van der Waals surface area contributed by atoms with Crippen LogP contribution in [0.1, 0.15) is 45.7 Å². The van der Waals surface area contributed by atoms with E-state index < -0.39 is 29.4 Å². The third kappa shape index (κ3) is 5.09. The Morgan fingerprint density at radius 2 is 1.79 bits per heavy atom. The number of carboxylic acids is 1. The summed E-state index contributed by atoms with van der Waals surface area (Å²) in [5.74, 6) is -2.25. The number of halogens is 4. The molecule has 0 aliphatic carbocycles. The Bertz CT molecular complexity index is 1140. The van der Waals surface area contributed by atoms with Gasteiger partial charge in [-0.2, -0.15) is 13.2 Å².